The molecular weight excluding hydrogens is 314 g/mol. The van der Waals surface area contributed by atoms with E-state index in [0.29, 0.717) is 10.7 Å². The summed E-state index contributed by atoms with van der Waals surface area (Å²) in [7, 11) is 0. The van der Waals surface area contributed by atoms with Crippen LogP contribution in [0, 0.1) is 5.21 Å². The Balaban J connectivity index is 2.16. The quantitative estimate of drug-likeness (QED) is 0.209. The first-order valence-corrected chi connectivity index (χ1v) is 8.42. The fourth-order valence-corrected chi connectivity index (χ4v) is 3.08. The van der Waals surface area contributed by atoms with Crippen LogP contribution in [0.1, 0.15) is 5.56 Å². The normalized spacial score (nSPS) is 11.8. The Morgan fingerprint density at radius 3 is 2.45 bits per heavy atom. The van der Waals surface area contributed by atoms with Crippen molar-refractivity contribution < 1.29 is 4.74 Å². The maximum absolute atomic E-state index is 12.4. The summed E-state index contributed by atoms with van der Waals surface area (Å²) in [6.45, 7) is 0. The van der Waals surface area contributed by atoms with Gasteiger partial charge >= 0.3 is 0 Å². The van der Waals surface area contributed by atoms with Crippen molar-refractivity contribution in [3.8, 4) is 0 Å². The molecular formula is C18H14ClNOS. The molecule has 3 aromatic rings. The van der Waals surface area contributed by atoms with Gasteiger partial charge in [0.1, 0.15) is 0 Å². The maximum atomic E-state index is 12.4. The Hall–Kier alpha value is -1.97. The summed E-state index contributed by atoms with van der Waals surface area (Å²) in [5.74, 6) is 0. The van der Waals surface area contributed by atoms with Crippen molar-refractivity contribution in [2.24, 2.45) is 0 Å². The number of thioether (sulfide) groups is 1. The third-order valence-electron chi connectivity index (χ3n) is 3.48. The van der Waals surface area contributed by atoms with Gasteiger partial charge in [0.15, 0.2) is 6.21 Å². The molecule has 0 radical (unpaired) electrons. The molecule has 0 amide bonds. The number of hydrogen-bond acceptors (Lipinski definition) is 2. The molecule has 2 nitrogen and oxygen atoms in total. The van der Waals surface area contributed by atoms with Gasteiger partial charge in [0.05, 0.1) is 5.56 Å². The SMILES string of the molecule is CSc1ccc2ccccc2c1C=[N+]([O-])c1ccc(Cl)cc1. The minimum Gasteiger partial charge on any atom is -0.618 e. The van der Waals surface area contributed by atoms with Gasteiger partial charge in [0.2, 0.25) is 5.69 Å². The van der Waals surface area contributed by atoms with Crippen LogP contribution in [-0.2, 0) is 0 Å². The van der Waals surface area contributed by atoms with Crippen molar-refractivity contribution in [2.45, 2.75) is 4.90 Å². The van der Waals surface area contributed by atoms with Crippen molar-refractivity contribution >= 4 is 46.0 Å². The third-order valence-corrected chi connectivity index (χ3v) is 4.53. The molecule has 0 aliphatic carbocycles. The lowest BCUT2D eigenvalue weighted by Gasteiger charge is -2.08. The van der Waals surface area contributed by atoms with Crippen molar-refractivity contribution in [3.05, 3.63) is 76.5 Å². The number of hydrogen-bond donors (Lipinski definition) is 0. The largest absolute Gasteiger partial charge is 0.618 e. The van der Waals surface area contributed by atoms with Gasteiger partial charge in [0.25, 0.3) is 0 Å². The van der Waals surface area contributed by atoms with E-state index < -0.39 is 0 Å². The van der Waals surface area contributed by atoms with Crippen LogP contribution < -0.4 is 0 Å². The van der Waals surface area contributed by atoms with E-state index in [2.05, 4.69) is 12.1 Å². The average molecular weight is 328 g/mol. The van der Waals surface area contributed by atoms with Gasteiger partial charge in [-0.2, -0.15) is 4.74 Å². The molecule has 0 bridgehead atoms. The molecule has 4 heteroatoms. The van der Waals surface area contributed by atoms with Crippen LogP contribution in [0.2, 0.25) is 5.02 Å². The molecule has 0 heterocycles. The van der Waals surface area contributed by atoms with Crippen molar-refractivity contribution in [3.63, 3.8) is 0 Å². The van der Waals surface area contributed by atoms with E-state index in [9.17, 15) is 5.21 Å². The first kappa shape index (κ1) is 14.9. The highest BCUT2D eigenvalue weighted by Crippen LogP contribution is 2.27. The minimum absolute atomic E-state index is 0.560. The van der Waals surface area contributed by atoms with Crippen molar-refractivity contribution in [1.29, 1.82) is 0 Å². The van der Waals surface area contributed by atoms with Gasteiger partial charge < -0.3 is 5.21 Å². The maximum Gasteiger partial charge on any atom is 0.216 e. The number of benzene rings is 3. The summed E-state index contributed by atoms with van der Waals surface area (Å²) in [5.41, 5.74) is 1.50. The lowest BCUT2D eigenvalue weighted by molar-refractivity contribution is -0.354. The van der Waals surface area contributed by atoms with E-state index in [1.54, 1.807) is 42.2 Å². The van der Waals surface area contributed by atoms with Crippen LogP contribution in [0.3, 0.4) is 0 Å². The Bertz CT molecular complexity index is 843. The molecule has 0 aliphatic rings. The van der Waals surface area contributed by atoms with E-state index >= 15 is 0 Å². The monoisotopic (exact) mass is 327 g/mol. The summed E-state index contributed by atoms with van der Waals surface area (Å²) in [5, 5.41) is 15.3. The van der Waals surface area contributed by atoms with Gasteiger partial charge in [-0.3, -0.25) is 0 Å². The van der Waals surface area contributed by atoms with Crippen LogP contribution in [0.15, 0.2) is 65.6 Å². The zero-order valence-corrected chi connectivity index (χ0v) is 13.6. The van der Waals surface area contributed by atoms with Gasteiger partial charge in [-0.05, 0) is 35.2 Å². The molecule has 0 saturated heterocycles. The number of nitrogens with zero attached hydrogens (tertiary/aromatic N) is 1. The second-order valence-corrected chi connectivity index (χ2v) is 6.12. The molecule has 0 saturated carbocycles. The summed E-state index contributed by atoms with van der Waals surface area (Å²) < 4.78 is 0.887. The number of rotatable bonds is 3. The number of fused-ring (bicyclic) bond motifs is 1. The fourth-order valence-electron chi connectivity index (χ4n) is 2.37. The van der Waals surface area contributed by atoms with Crippen LogP contribution in [0.4, 0.5) is 5.69 Å². The van der Waals surface area contributed by atoms with Gasteiger partial charge in [0, 0.05) is 22.1 Å². The molecule has 0 N–H and O–H groups in total. The molecule has 0 fully saturated rings. The molecule has 3 aromatic carbocycles. The minimum atomic E-state index is 0.560. The van der Waals surface area contributed by atoms with E-state index in [1.807, 2.05) is 30.5 Å². The zero-order valence-electron chi connectivity index (χ0n) is 12.0. The second-order valence-electron chi connectivity index (χ2n) is 4.83. The van der Waals surface area contributed by atoms with Gasteiger partial charge in [-0.1, -0.05) is 41.9 Å². The first-order valence-electron chi connectivity index (χ1n) is 6.81. The van der Waals surface area contributed by atoms with Crippen molar-refractivity contribution in [2.75, 3.05) is 6.26 Å². The average Bonchev–Trinajstić information content (AvgIpc) is 2.55. The summed E-state index contributed by atoms with van der Waals surface area (Å²) in [6.07, 6.45) is 3.65. The summed E-state index contributed by atoms with van der Waals surface area (Å²) >= 11 is 7.50. The Kier molecular flexibility index (Phi) is 4.36. The highest BCUT2D eigenvalue weighted by molar-refractivity contribution is 7.98. The van der Waals surface area contributed by atoms with Crippen LogP contribution >= 0.6 is 23.4 Å². The van der Waals surface area contributed by atoms with Crippen LogP contribution in [0.25, 0.3) is 10.8 Å². The third kappa shape index (κ3) is 2.96. The Labute approximate surface area is 138 Å². The molecule has 0 unspecified atom stereocenters. The topological polar surface area (TPSA) is 26.1 Å². The predicted octanol–water partition coefficient (Wildman–Crippen LogP) is 5.48. The lowest BCUT2D eigenvalue weighted by atomic mass is 10.1. The second kappa shape index (κ2) is 6.42. The van der Waals surface area contributed by atoms with Crippen LogP contribution in [0.5, 0.6) is 0 Å². The van der Waals surface area contributed by atoms with Gasteiger partial charge in [-0.25, -0.2) is 0 Å². The van der Waals surface area contributed by atoms with Crippen molar-refractivity contribution in [1.82, 2.24) is 0 Å². The molecule has 110 valence electrons. The standard InChI is InChI=1S/C18H14ClNOS/c1-22-18-11-6-13-4-2-3-5-16(13)17(18)12-20(21)15-9-7-14(19)8-10-15/h2-12H,1H3. The van der Waals surface area contributed by atoms with E-state index in [0.717, 1.165) is 26.0 Å². The highest BCUT2D eigenvalue weighted by atomic mass is 35.5. The molecule has 22 heavy (non-hydrogen) atoms. The van der Waals surface area contributed by atoms with E-state index in [4.69, 9.17) is 11.6 Å². The number of halogens is 1. The van der Waals surface area contributed by atoms with E-state index in [1.165, 1.54) is 0 Å². The lowest BCUT2D eigenvalue weighted by Crippen LogP contribution is -2.01. The first-order chi connectivity index (χ1) is 10.7. The zero-order chi connectivity index (χ0) is 15.5. The van der Waals surface area contributed by atoms with Crippen LogP contribution in [-0.4, -0.2) is 17.2 Å². The Morgan fingerprint density at radius 2 is 1.73 bits per heavy atom. The molecule has 3 rings (SSSR count). The smallest absolute Gasteiger partial charge is 0.216 e. The molecule has 0 aromatic heterocycles. The fraction of sp³-hybridized carbons (Fsp3) is 0.0556. The molecule has 0 spiro atoms. The van der Waals surface area contributed by atoms with E-state index in [-0.39, 0.29) is 0 Å². The summed E-state index contributed by atoms with van der Waals surface area (Å²) in [4.78, 5) is 1.08. The molecule has 0 aliphatic heterocycles. The highest BCUT2D eigenvalue weighted by Gasteiger charge is 2.10. The molecule has 0 atom stereocenters. The predicted molar refractivity (Wildman–Crippen MR) is 95.6 cm³/mol. The summed E-state index contributed by atoms with van der Waals surface area (Å²) in [6, 6.07) is 19.1. The van der Waals surface area contributed by atoms with Gasteiger partial charge in [-0.15, -0.1) is 11.8 Å². The Morgan fingerprint density at radius 1 is 1.00 bits per heavy atom.